The number of likely N-dealkylation sites (tertiary alicyclic amines) is 1. The summed E-state index contributed by atoms with van der Waals surface area (Å²) in [5.41, 5.74) is 0.812. The summed E-state index contributed by atoms with van der Waals surface area (Å²) in [4.78, 5) is 30.5. The Morgan fingerprint density at radius 1 is 0.919 bits per heavy atom. The molecule has 0 radical (unpaired) electrons. The van der Waals surface area contributed by atoms with E-state index in [0.29, 0.717) is 53.9 Å². The molecule has 0 saturated carbocycles. The predicted octanol–water partition coefficient (Wildman–Crippen LogP) is 2.47. The topological polar surface area (TPSA) is 107 Å². The zero-order chi connectivity index (χ0) is 26.5. The van der Waals surface area contributed by atoms with Crippen LogP contribution in [0.3, 0.4) is 0 Å². The minimum absolute atomic E-state index is 0.0363. The largest absolute Gasteiger partial charge is 0.507 e. The number of aliphatic hydroxyl groups excluding tert-OH is 1. The van der Waals surface area contributed by atoms with E-state index in [-0.39, 0.29) is 17.9 Å². The number of para-hydroxylation sites is 1. The molecule has 2 aromatic carbocycles. The summed E-state index contributed by atoms with van der Waals surface area (Å²) in [6.07, 6.45) is 0. The minimum atomic E-state index is -0.889. The summed E-state index contributed by atoms with van der Waals surface area (Å²) in [7, 11) is 5.95. The van der Waals surface area contributed by atoms with Crippen LogP contribution in [0.5, 0.6) is 23.0 Å². The molecule has 198 valence electrons. The van der Waals surface area contributed by atoms with Gasteiger partial charge < -0.3 is 33.7 Å². The van der Waals surface area contributed by atoms with Crippen molar-refractivity contribution in [1.29, 1.82) is 0 Å². The van der Waals surface area contributed by atoms with Crippen LogP contribution in [0, 0.1) is 0 Å². The number of rotatable bonds is 9. The van der Waals surface area contributed by atoms with Gasteiger partial charge in [0.05, 0.1) is 58.8 Å². The summed E-state index contributed by atoms with van der Waals surface area (Å²) in [6, 6.07) is 9.29. The lowest BCUT2D eigenvalue weighted by molar-refractivity contribution is -0.140. The van der Waals surface area contributed by atoms with Gasteiger partial charge in [0.1, 0.15) is 11.5 Å². The first-order valence-electron chi connectivity index (χ1n) is 12.0. The molecule has 2 aliphatic rings. The zero-order valence-corrected chi connectivity index (χ0v) is 21.5. The average molecular weight is 513 g/mol. The molecule has 1 N–H and O–H groups in total. The van der Waals surface area contributed by atoms with E-state index in [1.807, 2.05) is 0 Å². The van der Waals surface area contributed by atoms with E-state index < -0.39 is 17.7 Å². The number of carbonyl (C=O) groups excluding carboxylic acids is 2. The lowest BCUT2D eigenvalue weighted by atomic mass is 9.94. The van der Waals surface area contributed by atoms with Gasteiger partial charge in [0.25, 0.3) is 11.7 Å². The molecule has 1 atom stereocenters. The maximum Gasteiger partial charge on any atom is 0.295 e. The van der Waals surface area contributed by atoms with Crippen molar-refractivity contribution < 1.29 is 38.4 Å². The zero-order valence-electron chi connectivity index (χ0n) is 21.5. The number of Topliss-reactive ketones (excluding diaryl/α,β-unsaturated/α-hetero) is 1. The molecule has 2 fully saturated rings. The van der Waals surface area contributed by atoms with E-state index in [2.05, 4.69) is 4.90 Å². The van der Waals surface area contributed by atoms with E-state index in [9.17, 15) is 14.7 Å². The lowest BCUT2D eigenvalue weighted by Gasteiger charge is -2.31. The number of aliphatic hydroxyl groups is 1. The first-order chi connectivity index (χ1) is 17.9. The van der Waals surface area contributed by atoms with E-state index >= 15 is 0 Å². The van der Waals surface area contributed by atoms with Gasteiger partial charge in [-0.3, -0.25) is 14.5 Å². The molecule has 4 rings (SSSR count). The first kappa shape index (κ1) is 26.3. The molecule has 0 bridgehead atoms. The molecule has 10 heteroatoms. The fraction of sp³-hybridized carbons (Fsp3) is 0.407. The number of ether oxygens (including phenoxy) is 5. The second kappa shape index (κ2) is 11.5. The third-order valence-corrected chi connectivity index (χ3v) is 6.67. The third kappa shape index (κ3) is 5.07. The normalized spacial score (nSPS) is 19.7. The Morgan fingerprint density at radius 3 is 2.14 bits per heavy atom. The molecule has 0 aliphatic carbocycles. The number of morpholine rings is 1. The average Bonchev–Trinajstić information content (AvgIpc) is 3.20. The summed E-state index contributed by atoms with van der Waals surface area (Å²) >= 11 is 0. The summed E-state index contributed by atoms with van der Waals surface area (Å²) in [6.45, 7) is 3.52. The van der Waals surface area contributed by atoms with Gasteiger partial charge in [-0.15, -0.1) is 0 Å². The summed E-state index contributed by atoms with van der Waals surface area (Å²) in [5, 5.41) is 11.4. The molecule has 1 amide bonds. The number of nitrogens with zero attached hydrogens (tertiary/aromatic N) is 2. The van der Waals surface area contributed by atoms with Crippen LogP contribution in [0.4, 0.5) is 0 Å². The van der Waals surface area contributed by atoms with Crippen LogP contribution in [0.1, 0.15) is 17.2 Å². The van der Waals surface area contributed by atoms with Gasteiger partial charge in [0, 0.05) is 26.2 Å². The molecule has 2 aliphatic heterocycles. The van der Waals surface area contributed by atoms with Gasteiger partial charge >= 0.3 is 0 Å². The van der Waals surface area contributed by atoms with Crippen LogP contribution < -0.4 is 18.9 Å². The Morgan fingerprint density at radius 2 is 1.54 bits per heavy atom. The lowest BCUT2D eigenvalue weighted by Crippen LogP contribution is -2.42. The molecule has 2 saturated heterocycles. The fourth-order valence-corrected chi connectivity index (χ4v) is 4.78. The Labute approximate surface area is 215 Å². The highest BCUT2D eigenvalue weighted by Crippen LogP contribution is 2.46. The van der Waals surface area contributed by atoms with Gasteiger partial charge in [-0.05, 0) is 29.8 Å². The molecule has 2 heterocycles. The Hall–Kier alpha value is -3.76. The third-order valence-electron chi connectivity index (χ3n) is 6.67. The van der Waals surface area contributed by atoms with Crippen molar-refractivity contribution in [2.24, 2.45) is 0 Å². The molecule has 37 heavy (non-hydrogen) atoms. The highest BCUT2D eigenvalue weighted by molar-refractivity contribution is 6.46. The molecule has 1 unspecified atom stereocenters. The monoisotopic (exact) mass is 512 g/mol. The SMILES string of the molecule is COc1ccccc1/C(O)=C1\C(=O)C(=O)N(CCN2CCOCC2)C1c1cc(OC)c(OC)c(OC)c1. The first-order valence-corrected chi connectivity index (χ1v) is 12.0. The van der Waals surface area contributed by atoms with E-state index in [4.69, 9.17) is 23.7 Å². The standard InChI is InChI=1S/C27H32N2O8/c1-33-19-8-6-5-7-18(19)24(30)22-23(17-15-20(34-2)26(36-4)21(16-17)35-3)29(27(32)25(22)31)10-9-28-11-13-37-14-12-28/h5-8,15-16,23,30H,9-14H2,1-4H3/b24-22+. The van der Waals surface area contributed by atoms with Gasteiger partial charge in [0.15, 0.2) is 11.5 Å². The van der Waals surface area contributed by atoms with Crippen molar-refractivity contribution in [3.8, 4) is 23.0 Å². The molecule has 2 aromatic rings. The van der Waals surface area contributed by atoms with Crippen LogP contribution in [0.25, 0.3) is 5.76 Å². The molecular formula is C27H32N2O8. The molecule has 10 nitrogen and oxygen atoms in total. The van der Waals surface area contributed by atoms with Crippen molar-refractivity contribution in [2.75, 3.05) is 67.8 Å². The Balaban J connectivity index is 1.86. The number of hydrogen-bond acceptors (Lipinski definition) is 9. The summed E-state index contributed by atoms with van der Waals surface area (Å²) < 4.78 is 27.3. The van der Waals surface area contributed by atoms with Crippen molar-refractivity contribution in [3.63, 3.8) is 0 Å². The highest BCUT2D eigenvalue weighted by atomic mass is 16.5. The van der Waals surface area contributed by atoms with Gasteiger partial charge in [-0.25, -0.2) is 0 Å². The number of ketones is 1. The van der Waals surface area contributed by atoms with Crippen molar-refractivity contribution >= 4 is 17.4 Å². The maximum absolute atomic E-state index is 13.4. The number of benzene rings is 2. The highest BCUT2D eigenvalue weighted by Gasteiger charge is 2.46. The van der Waals surface area contributed by atoms with Gasteiger partial charge in [-0.1, -0.05) is 12.1 Å². The predicted molar refractivity (Wildman–Crippen MR) is 135 cm³/mol. The molecule has 0 spiro atoms. The van der Waals surface area contributed by atoms with E-state index in [0.717, 1.165) is 13.1 Å². The quantitative estimate of drug-likeness (QED) is 0.308. The van der Waals surface area contributed by atoms with Crippen molar-refractivity contribution in [2.45, 2.75) is 6.04 Å². The second-order valence-electron chi connectivity index (χ2n) is 8.61. The van der Waals surface area contributed by atoms with Crippen molar-refractivity contribution in [3.05, 3.63) is 53.1 Å². The van der Waals surface area contributed by atoms with Crippen LogP contribution in [-0.2, 0) is 14.3 Å². The smallest absolute Gasteiger partial charge is 0.295 e. The van der Waals surface area contributed by atoms with Crippen molar-refractivity contribution in [1.82, 2.24) is 9.80 Å². The number of hydrogen-bond donors (Lipinski definition) is 1. The summed E-state index contributed by atoms with van der Waals surface area (Å²) in [5.74, 6) is -0.288. The van der Waals surface area contributed by atoms with E-state index in [1.165, 1.54) is 33.3 Å². The van der Waals surface area contributed by atoms with E-state index in [1.54, 1.807) is 36.4 Å². The minimum Gasteiger partial charge on any atom is -0.507 e. The maximum atomic E-state index is 13.4. The molecule has 0 aromatic heterocycles. The van der Waals surface area contributed by atoms with Crippen LogP contribution >= 0.6 is 0 Å². The Kier molecular flexibility index (Phi) is 8.20. The van der Waals surface area contributed by atoms with Gasteiger partial charge in [0.2, 0.25) is 5.75 Å². The number of amides is 1. The fourth-order valence-electron chi connectivity index (χ4n) is 4.78. The number of carbonyl (C=O) groups is 2. The van der Waals surface area contributed by atoms with Crippen LogP contribution in [0.15, 0.2) is 42.0 Å². The van der Waals surface area contributed by atoms with Gasteiger partial charge in [-0.2, -0.15) is 0 Å². The number of methoxy groups -OCH3 is 4. The Bertz CT molecular complexity index is 1160. The molecular weight excluding hydrogens is 480 g/mol. The second-order valence-corrected chi connectivity index (χ2v) is 8.61. The van der Waals surface area contributed by atoms with Crippen LogP contribution in [0.2, 0.25) is 0 Å². The van der Waals surface area contributed by atoms with Crippen LogP contribution in [-0.4, -0.2) is 94.4 Å².